The van der Waals surface area contributed by atoms with Crippen molar-refractivity contribution in [2.75, 3.05) is 6.61 Å². The molecule has 5 atom stereocenters. The number of hydrogen-bond acceptors (Lipinski definition) is 5. The van der Waals surface area contributed by atoms with E-state index in [-0.39, 0.29) is 47.4 Å². The van der Waals surface area contributed by atoms with E-state index < -0.39 is 34.5 Å². The fraction of sp³-hybridized carbons (Fsp3) is 0.649. The van der Waals surface area contributed by atoms with Gasteiger partial charge in [0.1, 0.15) is 18.5 Å². The SMILES string of the molecule is C=CCCCC(=O)O[C@H]1C[C@@H](O[Si](C)(C)C(C)(C)C)[C@H](/C=C/[C@H](COc2cccc(C(F)(F)F)c2)O[Si](CC)(CC)CC)[C@H]1CC=C. The van der Waals surface area contributed by atoms with Gasteiger partial charge in [-0.2, -0.15) is 13.2 Å². The third kappa shape index (κ3) is 12.0. The van der Waals surface area contributed by atoms with Crippen molar-refractivity contribution in [2.24, 2.45) is 11.8 Å². The van der Waals surface area contributed by atoms with Crippen LogP contribution >= 0.6 is 0 Å². The second kappa shape index (κ2) is 18.0. The zero-order valence-corrected chi connectivity index (χ0v) is 32.0. The van der Waals surface area contributed by atoms with E-state index in [0.29, 0.717) is 25.7 Å². The van der Waals surface area contributed by atoms with Crippen LogP contribution in [0.4, 0.5) is 13.2 Å². The minimum Gasteiger partial charge on any atom is -0.491 e. The number of rotatable bonds is 19. The molecule has 0 heterocycles. The number of hydrogen-bond donors (Lipinski definition) is 0. The van der Waals surface area contributed by atoms with Crippen molar-refractivity contribution >= 4 is 22.6 Å². The number of allylic oxidation sites excluding steroid dienone is 2. The zero-order valence-electron chi connectivity index (χ0n) is 30.0. The number of ether oxygens (including phenoxy) is 2. The molecule has 10 heteroatoms. The number of unbranched alkanes of at least 4 members (excludes halogenated alkanes) is 1. The zero-order chi connectivity index (χ0) is 35.5. The van der Waals surface area contributed by atoms with E-state index >= 15 is 0 Å². The minimum absolute atomic E-state index is 0.0202. The van der Waals surface area contributed by atoms with Gasteiger partial charge in [0.05, 0.1) is 17.8 Å². The third-order valence-corrected chi connectivity index (χ3v) is 19.3. The number of halogens is 3. The second-order valence-corrected chi connectivity index (χ2v) is 23.7. The molecule has 1 aromatic carbocycles. The van der Waals surface area contributed by atoms with Crippen molar-refractivity contribution < 1.29 is 36.3 Å². The molecule has 0 radical (unpaired) electrons. The Hall–Kier alpha value is -2.15. The Kier molecular flexibility index (Phi) is 15.7. The summed E-state index contributed by atoms with van der Waals surface area (Å²) in [6.45, 7) is 25.3. The van der Waals surface area contributed by atoms with Crippen LogP contribution in [0.25, 0.3) is 0 Å². The van der Waals surface area contributed by atoms with Crippen LogP contribution < -0.4 is 4.74 Å². The topological polar surface area (TPSA) is 54.0 Å². The molecule has 0 aromatic heterocycles. The average Bonchev–Trinajstić information content (AvgIpc) is 3.30. The molecule has 1 aliphatic rings. The maximum Gasteiger partial charge on any atom is 0.416 e. The maximum atomic E-state index is 13.4. The van der Waals surface area contributed by atoms with Gasteiger partial charge in [0.2, 0.25) is 0 Å². The molecule has 0 unspecified atom stereocenters. The highest BCUT2D eigenvalue weighted by molar-refractivity contribution is 6.74. The van der Waals surface area contributed by atoms with Gasteiger partial charge in [-0.05, 0) is 73.7 Å². The van der Waals surface area contributed by atoms with Crippen LogP contribution in [0, 0.1) is 11.8 Å². The molecule has 0 amide bonds. The summed E-state index contributed by atoms with van der Waals surface area (Å²) in [5.41, 5.74) is -0.753. The smallest absolute Gasteiger partial charge is 0.416 e. The highest BCUT2D eigenvalue weighted by Gasteiger charge is 2.48. The summed E-state index contributed by atoms with van der Waals surface area (Å²) in [4.78, 5) is 12.9. The Morgan fingerprint density at radius 1 is 1.04 bits per heavy atom. The highest BCUT2D eigenvalue weighted by atomic mass is 28.4. The molecule has 0 N–H and O–H groups in total. The minimum atomic E-state index is -4.46. The molecule has 1 fully saturated rings. The first-order valence-corrected chi connectivity index (χ1v) is 22.6. The van der Waals surface area contributed by atoms with Crippen LogP contribution in [0.2, 0.25) is 36.3 Å². The van der Waals surface area contributed by atoms with Gasteiger partial charge in [-0.1, -0.05) is 71.9 Å². The summed E-state index contributed by atoms with van der Waals surface area (Å²) in [5, 5.41) is -0.0202. The van der Waals surface area contributed by atoms with Crippen LogP contribution in [0.1, 0.15) is 79.2 Å². The predicted molar refractivity (Wildman–Crippen MR) is 191 cm³/mol. The van der Waals surface area contributed by atoms with E-state index in [1.807, 2.05) is 12.2 Å². The van der Waals surface area contributed by atoms with Gasteiger partial charge in [0.15, 0.2) is 16.6 Å². The van der Waals surface area contributed by atoms with Crippen molar-refractivity contribution in [1.82, 2.24) is 0 Å². The number of carbonyl (C=O) groups is 1. The van der Waals surface area contributed by atoms with E-state index in [4.69, 9.17) is 18.3 Å². The lowest BCUT2D eigenvalue weighted by Gasteiger charge is -2.40. The number of carbonyl (C=O) groups excluding carboxylic acids is 1. The Morgan fingerprint density at radius 2 is 1.70 bits per heavy atom. The normalized spacial score (nSPS) is 21.5. The maximum absolute atomic E-state index is 13.4. The monoisotopic (exact) mass is 696 g/mol. The van der Waals surface area contributed by atoms with Crippen molar-refractivity contribution in [1.29, 1.82) is 0 Å². The van der Waals surface area contributed by atoms with Crippen molar-refractivity contribution in [3.63, 3.8) is 0 Å². The van der Waals surface area contributed by atoms with E-state index in [0.717, 1.165) is 36.7 Å². The van der Waals surface area contributed by atoms with Crippen molar-refractivity contribution in [3.8, 4) is 5.75 Å². The summed E-state index contributed by atoms with van der Waals surface area (Å²) in [5.74, 6) is -0.209. The Balaban J connectivity index is 2.48. The molecular weight excluding hydrogens is 638 g/mol. The Labute approximate surface area is 284 Å². The Bertz CT molecular complexity index is 1160. The number of alkyl halides is 3. The van der Waals surface area contributed by atoms with Crippen LogP contribution in [0.15, 0.2) is 61.7 Å². The molecule has 1 aliphatic carbocycles. The van der Waals surface area contributed by atoms with E-state index in [2.05, 4.69) is 73.9 Å². The molecule has 0 bridgehead atoms. The van der Waals surface area contributed by atoms with Gasteiger partial charge in [-0.3, -0.25) is 4.79 Å². The molecule has 1 saturated carbocycles. The predicted octanol–water partition coefficient (Wildman–Crippen LogP) is 10.9. The number of benzene rings is 1. The largest absolute Gasteiger partial charge is 0.491 e. The third-order valence-electron chi connectivity index (χ3n) is 10.1. The molecule has 0 aliphatic heterocycles. The first-order valence-electron chi connectivity index (χ1n) is 17.2. The lowest BCUT2D eigenvalue weighted by Crippen LogP contribution is -2.45. The van der Waals surface area contributed by atoms with E-state index in [1.54, 1.807) is 6.08 Å². The molecule has 47 heavy (non-hydrogen) atoms. The van der Waals surface area contributed by atoms with Gasteiger partial charge in [0, 0.05) is 24.7 Å². The summed E-state index contributed by atoms with van der Waals surface area (Å²) in [6.07, 6.45) is 5.34. The molecule has 1 aromatic rings. The van der Waals surface area contributed by atoms with Gasteiger partial charge in [-0.25, -0.2) is 0 Å². The van der Waals surface area contributed by atoms with Crippen LogP contribution in [0.3, 0.4) is 0 Å². The fourth-order valence-electron chi connectivity index (χ4n) is 5.93. The summed E-state index contributed by atoms with van der Waals surface area (Å²) in [7, 11) is -4.33. The molecular formula is C37H59F3O5Si2. The molecule has 2 rings (SSSR count). The van der Waals surface area contributed by atoms with Gasteiger partial charge < -0.3 is 18.3 Å². The Morgan fingerprint density at radius 3 is 2.26 bits per heavy atom. The molecule has 0 spiro atoms. The van der Waals surface area contributed by atoms with Crippen LogP contribution in [-0.4, -0.2) is 47.5 Å². The number of esters is 1. The van der Waals surface area contributed by atoms with Gasteiger partial charge in [0.25, 0.3) is 0 Å². The second-order valence-electron chi connectivity index (χ2n) is 14.2. The standard InChI is InChI=1S/C37H59F3O5Si2/c1-11-16-17-22-35(41)43-33-26-34(45-46(9,10)36(6,7)8)32(31(33)19-12-2)24-23-30(44-47(13-3,14-4)15-5)27-42-29-21-18-20-28(25-29)37(38,39)40/h11-12,18,20-21,23-25,30-34H,1-2,13-17,19,22,26-27H2,3-10H3/b24-23+/t30-,31-,32-,33+,34-/m1/s1. The van der Waals surface area contributed by atoms with Gasteiger partial charge in [-0.15, -0.1) is 13.2 Å². The fourth-order valence-corrected chi connectivity index (χ4v) is 10.1. The quantitative estimate of drug-likeness (QED) is 0.0624. The lowest BCUT2D eigenvalue weighted by molar-refractivity contribution is -0.151. The molecule has 266 valence electrons. The lowest BCUT2D eigenvalue weighted by atomic mass is 9.90. The average molecular weight is 697 g/mol. The van der Waals surface area contributed by atoms with Crippen molar-refractivity contribution in [3.05, 3.63) is 67.3 Å². The summed E-state index contributed by atoms with van der Waals surface area (Å²) >= 11 is 0. The van der Waals surface area contributed by atoms with Crippen LogP contribution in [0.5, 0.6) is 5.75 Å². The molecule has 5 nitrogen and oxygen atoms in total. The first kappa shape index (κ1) is 41.0. The van der Waals surface area contributed by atoms with E-state index in [9.17, 15) is 18.0 Å². The van der Waals surface area contributed by atoms with Gasteiger partial charge >= 0.3 is 12.1 Å². The molecule has 0 saturated heterocycles. The summed E-state index contributed by atoms with van der Waals surface area (Å²) in [6, 6.07) is 7.70. The highest BCUT2D eigenvalue weighted by Crippen LogP contribution is 2.45. The van der Waals surface area contributed by atoms with E-state index in [1.165, 1.54) is 12.1 Å². The van der Waals surface area contributed by atoms with Crippen molar-refractivity contribution in [2.45, 2.75) is 134 Å². The summed E-state index contributed by atoms with van der Waals surface area (Å²) < 4.78 is 66.1. The first-order chi connectivity index (χ1) is 22.0. The van der Waals surface area contributed by atoms with Crippen LogP contribution in [-0.2, 0) is 24.6 Å².